The molecule has 0 aliphatic carbocycles. The molecule has 0 atom stereocenters. The van der Waals surface area contributed by atoms with Gasteiger partial charge in [-0.2, -0.15) is 0 Å². The van der Waals surface area contributed by atoms with Crippen LogP contribution < -0.4 is 15.4 Å². The van der Waals surface area contributed by atoms with Gasteiger partial charge in [-0.3, -0.25) is 9.78 Å². The van der Waals surface area contributed by atoms with E-state index in [4.69, 9.17) is 21.1 Å². The Labute approximate surface area is 210 Å². The van der Waals surface area contributed by atoms with Gasteiger partial charge in [-0.05, 0) is 86.3 Å². The number of nitrogens with zero attached hydrogens (tertiary/aromatic N) is 1. The van der Waals surface area contributed by atoms with Crippen LogP contribution >= 0.6 is 11.6 Å². The van der Waals surface area contributed by atoms with Gasteiger partial charge in [0.15, 0.2) is 0 Å². The van der Waals surface area contributed by atoms with Crippen molar-refractivity contribution >= 4 is 23.6 Å². The molecular weight excluding hydrogens is 466 g/mol. The molecule has 3 rings (SSSR count). The summed E-state index contributed by atoms with van der Waals surface area (Å²) in [5.41, 5.74) is 4.24. The summed E-state index contributed by atoms with van der Waals surface area (Å²) in [6.07, 6.45) is 2.96. The summed E-state index contributed by atoms with van der Waals surface area (Å²) < 4.78 is 10.6. The lowest BCUT2D eigenvalue weighted by molar-refractivity contribution is 0.0523. The van der Waals surface area contributed by atoms with Crippen molar-refractivity contribution in [3.63, 3.8) is 0 Å². The van der Waals surface area contributed by atoms with Crippen LogP contribution in [0.2, 0.25) is 5.02 Å². The van der Waals surface area contributed by atoms with Gasteiger partial charge in [0, 0.05) is 36.6 Å². The largest absolute Gasteiger partial charge is 0.495 e. The van der Waals surface area contributed by atoms with Gasteiger partial charge in [-0.25, -0.2) is 4.79 Å². The average Bonchev–Trinajstić information content (AvgIpc) is 2.81. The van der Waals surface area contributed by atoms with Gasteiger partial charge in [0.2, 0.25) is 0 Å². The van der Waals surface area contributed by atoms with E-state index >= 15 is 0 Å². The van der Waals surface area contributed by atoms with Crippen molar-refractivity contribution in [1.29, 1.82) is 0 Å². The van der Waals surface area contributed by atoms with Gasteiger partial charge >= 0.3 is 6.09 Å². The lowest BCUT2D eigenvalue weighted by Gasteiger charge is -2.20. The number of amides is 2. The van der Waals surface area contributed by atoms with Crippen LogP contribution in [0.1, 0.15) is 47.8 Å². The molecule has 184 valence electrons. The van der Waals surface area contributed by atoms with Crippen LogP contribution in [0.3, 0.4) is 0 Å². The highest BCUT2D eigenvalue weighted by molar-refractivity contribution is 6.32. The molecule has 0 fully saturated rings. The van der Waals surface area contributed by atoms with Gasteiger partial charge in [0.1, 0.15) is 11.4 Å². The average molecular weight is 496 g/mol. The molecule has 0 saturated heterocycles. The monoisotopic (exact) mass is 495 g/mol. The first kappa shape index (κ1) is 26.0. The molecule has 0 radical (unpaired) electrons. The highest BCUT2D eigenvalue weighted by Crippen LogP contribution is 2.26. The number of ether oxygens (including phenoxy) is 2. The van der Waals surface area contributed by atoms with Crippen molar-refractivity contribution in [2.75, 3.05) is 7.11 Å². The van der Waals surface area contributed by atoms with Crippen molar-refractivity contribution < 1.29 is 19.1 Å². The fourth-order valence-corrected chi connectivity index (χ4v) is 3.63. The zero-order valence-corrected chi connectivity index (χ0v) is 21.3. The molecule has 2 N–H and O–H groups in total. The molecule has 0 aliphatic rings. The first-order valence-corrected chi connectivity index (χ1v) is 11.6. The molecular formula is C27H30ClN3O4. The third-order valence-electron chi connectivity index (χ3n) is 5.11. The number of nitrogens with one attached hydrogen (secondary N) is 2. The molecule has 2 amide bonds. The van der Waals surface area contributed by atoms with Crippen LogP contribution in [0, 0.1) is 6.92 Å². The highest BCUT2D eigenvalue weighted by Gasteiger charge is 2.17. The van der Waals surface area contributed by atoms with Crippen molar-refractivity contribution in [1.82, 2.24) is 15.6 Å². The molecule has 1 heterocycles. The number of carbonyl (C=O) groups excluding carboxylic acids is 2. The van der Waals surface area contributed by atoms with E-state index in [1.807, 2.05) is 31.2 Å². The highest BCUT2D eigenvalue weighted by atomic mass is 35.5. The molecule has 0 unspecified atom stereocenters. The fraction of sp³-hybridized carbons (Fsp3) is 0.296. The molecule has 2 aromatic carbocycles. The van der Waals surface area contributed by atoms with Crippen LogP contribution in [0.4, 0.5) is 4.79 Å². The number of carbonyl (C=O) groups is 2. The Bertz CT molecular complexity index is 1220. The molecule has 0 saturated carbocycles. The Morgan fingerprint density at radius 1 is 1.00 bits per heavy atom. The summed E-state index contributed by atoms with van der Waals surface area (Å²) in [5.74, 6) is 0.295. The number of methoxy groups -OCH3 is 1. The van der Waals surface area contributed by atoms with E-state index in [1.165, 1.54) is 0 Å². The van der Waals surface area contributed by atoms with Crippen molar-refractivity contribution in [3.8, 4) is 16.9 Å². The van der Waals surface area contributed by atoms with Gasteiger partial charge in [0.05, 0.1) is 12.1 Å². The normalized spacial score (nSPS) is 11.0. The van der Waals surface area contributed by atoms with Crippen LogP contribution in [-0.2, 0) is 17.8 Å². The van der Waals surface area contributed by atoms with Gasteiger partial charge in [-0.15, -0.1) is 0 Å². The quantitative estimate of drug-likeness (QED) is 0.440. The lowest BCUT2D eigenvalue weighted by atomic mass is 9.97. The Hall–Kier alpha value is -3.58. The number of alkyl carbamates (subject to hydrolysis) is 1. The molecule has 8 heteroatoms. The van der Waals surface area contributed by atoms with E-state index in [1.54, 1.807) is 58.5 Å². The SMILES string of the molecule is COc1cc(CNC(=O)c2cc(CNC(=O)OC(C)(C)C)cc(-c3cnccc3C)c2)ccc1Cl. The molecule has 3 aromatic rings. The molecule has 7 nitrogen and oxygen atoms in total. The summed E-state index contributed by atoms with van der Waals surface area (Å²) in [5, 5.41) is 6.20. The van der Waals surface area contributed by atoms with E-state index < -0.39 is 11.7 Å². The van der Waals surface area contributed by atoms with Crippen LogP contribution in [0.15, 0.2) is 54.9 Å². The summed E-state index contributed by atoms with van der Waals surface area (Å²) in [6.45, 7) is 7.90. The Kier molecular flexibility index (Phi) is 8.35. The predicted octanol–water partition coefficient (Wildman–Crippen LogP) is 5.67. The third-order valence-corrected chi connectivity index (χ3v) is 5.42. The van der Waals surface area contributed by atoms with Crippen LogP contribution in [0.5, 0.6) is 5.75 Å². The smallest absolute Gasteiger partial charge is 0.407 e. The maximum Gasteiger partial charge on any atom is 0.407 e. The number of hydrogen-bond donors (Lipinski definition) is 2. The molecule has 0 bridgehead atoms. The third kappa shape index (κ3) is 7.45. The number of rotatable bonds is 7. The van der Waals surface area contributed by atoms with E-state index in [9.17, 15) is 9.59 Å². The number of halogens is 1. The Morgan fingerprint density at radius 3 is 2.43 bits per heavy atom. The van der Waals surface area contributed by atoms with E-state index in [-0.39, 0.29) is 12.5 Å². The topological polar surface area (TPSA) is 89.6 Å². The maximum atomic E-state index is 13.1. The Morgan fingerprint density at radius 2 is 1.74 bits per heavy atom. The lowest BCUT2D eigenvalue weighted by Crippen LogP contribution is -2.32. The molecule has 1 aromatic heterocycles. The first-order chi connectivity index (χ1) is 16.6. The van der Waals surface area contributed by atoms with Crippen molar-refractivity contribution in [3.05, 3.63) is 82.1 Å². The minimum atomic E-state index is -0.603. The Balaban J connectivity index is 1.84. The standard InChI is InChI=1S/C27H30ClN3O4/c1-17-8-9-29-16-22(17)20-10-19(15-31-26(33)35-27(2,3)4)11-21(13-20)25(32)30-14-18-6-7-23(28)24(12-18)34-5/h6-13,16H,14-15H2,1-5H3,(H,30,32)(H,31,33). The zero-order chi connectivity index (χ0) is 25.6. The number of aromatic nitrogens is 1. The number of aryl methyl sites for hydroxylation is 1. The number of hydrogen-bond acceptors (Lipinski definition) is 5. The summed E-state index contributed by atoms with van der Waals surface area (Å²) in [4.78, 5) is 29.5. The summed E-state index contributed by atoms with van der Waals surface area (Å²) >= 11 is 6.09. The molecule has 0 aliphatic heterocycles. The minimum Gasteiger partial charge on any atom is -0.495 e. The molecule has 0 spiro atoms. The second kappa shape index (κ2) is 11.2. The van der Waals surface area contributed by atoms with E-state index in [2.05, 4.69) is 15.6 Å². The van der Waals surface area contributed by atoms with Gasteiger partial charge in [0.25, 0.3) is 5.91 Å². The van der Waals surface area contributed by atoms with Crippen LogP contribution in [0.25, 0.3) is 11.1 Å². The second-order valence-electron chi connectivity index (χ2n) is 9.12. The zero-order valence-electron chi connectivity index (χ0n) is 20.6. The second-order valence-corrected chi connectivity index (χ2v) is 9.52. The van der Waals surface area contributed by atoms with Crippen molar-refractivity contribution in [2.45, 2.75) is 46.4 Å². The minimum absolute atomic E-state index is 0.205. The maximum absolute atomic E-state index is 13.1. The number of benzene rings is 2. The molecule has 35 heavy (non-hydrogen) atoms. The summed E-state index contributed by atoms with van der Waals surface area (Å²) in [6, 6.07) is 12.8. The number of pyridine rings is 1. The van der Waals surface area contributed by atoms with Gasteiger partial charge in [-0.1, -0.05) is 17.7 Å². The van der Waals surface area contributed by atoms with Crippen molar-refractivity contribution in [2.24, 2.45) is 0 Å². The van der Waals surface area contributed by atoms with E-state index in [0.29, 0.717) is 22.9 Å². The van der Waals surface area contributed by atoms with Crippen LogP contribution in [-0.4, -0.2) is 29.7 Å². The summed E-state index contributed by atoms with van der Waals surface area (Å²) in [7, 11) is 1.54. The van der Waals surface area contributed by atoms with Gasteiger partial charge < -0.3 is 20.1 Å². The fourth-order valence-electron chi connectivity index (χ4n) is 3.43. The van der Waals surface area contributed by atoms with E-state index in [0.717, 1.165) is 27.8 Å². The predicted molar refractivity (Wildman–Crippen MR) is 137 cm³/mol. The first-order valence-electron chi connectivity index (χ1n) is 11.2.